The minimum atomic E-state index is 0.516. The molecule has 1 aromatic rings. The zero-order valence-corrected chi connectivity index (χ0v) is 10.1. The summed E-state index contributed by atoms with van der Waals surface area (Å²) in [4.78, 5) is 0. The summed E-state index contributed by atoms with van der Waals surface area (Å²) in [5, 5.41) is 0. The Kier molecular flexibility index (Phi) is 4.86. The smallest absolute Gasteiger partial charge is 0.167 e. The van der Waals surface area contributed by atoms with E-state index in [4.69, 9.17) is 15.2 Å². The molecule has 0 aliphatic rings. The van der Waals surface area contributed by atoms with E-state index in [1.807, 2.05) is 18.2 Å². The summed E-state index contributed by atoms with van der Waals surface area (Å²) in [6.45, 7) is 2.62. The Balaban J connectivity index is 3.25. The molecule has 0 heterocycles. The number of aryl methyl sites for hydroxylation is 1. The van der Waals surface area contributed by atoms with Crippen LogP contribution < -0.4 is 15.2 Å². The topological polar surface area (TPSA) is 44.5 Å². The summed E-state index contributed by atoms with van der Waals surface area (Å²) in [6.07, 6.45) is 4.82. The Morgan fingerprint density at radius 3 is 2.50 bits per heavy atom. The van der Waals surface area contributed by atoms with Crippen LogP contribution in [0.4, 0.5) is 0 Å². The molecule has 0 radical (unpaired) electrons. The number of methoxy groups -OCH3 is 2. The van der Waals surface area contributed by atoms with Crippen molar-refractivity contribution in [3.63, 3.8) is 0 Å². The molecule has 1 rings (SSSR count). The van der Waals surface area contributed by atoms with E-state index in [0.717, 1.165) is 23.5 Å². The SMILES string of the molecule is CCc1cc(/C=C/CN)c(OC)c(OC)c1. The van der Waals surface area contributed by atoms with Crippen molar-refractivity contribution < 1.29 is 9.47 Å². The van der Waals surface area contributed by atoms with Gasteiger partial charge in [0.1, 0.15) is 0 Å². The Hall–Kier alpha value is -1.48. The van der Waals surface area contributed by atoms with Crippen molar-refractivity contribution in [2.45, 2.75) is 13.3 Å². The molecule has 2 N–H and O–H groups in total. The monoisotopic (exact) mass is 221 g/mol. The first-order chi connectivity index (χ1) is 7.76. The van der Waals surface area contributed by atoms with E-state index in [2.05, 4.69) is 13.0 Å². The van der Waals surface area contributed by atoms with Gasteiger partial charge in [0.2, 0.25) is 0 Å². The molecule has 0 saturated carbocycles. The number of rotatable bonds is 5. The van der Waals surface area contributed by atoms with Crippen molar-refractivity contribution in [2.24, 2.45) is 5.73 Å². The van der Waals surface area contributed by atoms with Crippen LogP contribution in [0.2, 0.25) is 0 Å². The van der Waals surface area contributed by atoms with Crippen molar-refractivity contribution in [3.05, 3.63) is 29.3 Å². The third-order valence-corrected chi connectivity index (χ3v) is 2.41. The maximum Gasteiger partial charge on any atom is 0.167 e. The van der Waals surface area contributed by atoms with Crippen LogP contribution >= 0.6 is 0 Å². The third kappa shape index (κ3) is 2.76. The molecule has 0 unspecified atom stereocenters. The molecule has 0 aliphatic heterocycles. The van der Waals surface area contributed by atoms with Crippen molar-refractivity contribution in [1.82, 2.24) is 0 Å². The van der Waals surface area contributed by atoms with Gasteiger partial charge in [-0.1, -0.05) is 19.1 Å². The number of ether oxygens (including phenoxy) is 2. The van der Waals surface area contributed by atoms with E-state index >= 15 is 0 Å². The molecule has 3 nitrogen and oxygen atoms in total. The van der Waals surface area contributed by atoms with Crippen LogP contribution in [0.3, 0.4) is 0 Å². The van der Waals surface area contributed by atoms with Gasteiger partial charge in [-0.25, -0.2) is 0 Å². The Morgan fingerprint density at radius 2 is 2.00 bits per heavy atom. The van der Waals surface area contributed by atoms with Gasteiger partial charge in [-0.05, 0) is 24.1 Å². The molecule has 16 heavy (non-hydrogen) atoms. The van der Waals surface area contributed by atoms with Crippen molar-refractivity contribution in [2.75, 3.05) is 20.8 Å². The first-order valence-electron chi connectivity index (χ1n) is 5.38. The lowest BCUT2D eigenvalue weighted by Gasteiger charge is -2.12. The number of nitrogens with two attached hydrogens (primary N) is 1. The molecule has 0 atom stereocenters. The molecule has 0 fully saturated rings. The fourth-order valence-corrected chi connectivity index (χ4v) is 1.58. The lowest BCUT2D eigenvalue weighted by molar-refractivity contribution is 0.354. The second-order valence-electron chi connectivity index (χ2n) is 3.41. The maximum atomic E-state index is 5.45. The first kappa shape index (κ1) is 12.6. The van der Waals surface area contributed by atoms with Crippen molar-refractivity contribution in [3.8, 4) is 11.5 Å². The number of hydrogen-bond acceptors (Lipinski definition) is 3. The standard InChI is InChI=1S/C13H19NO2/c1-4-10-8-11(6-5-7-14)13(16-3)12(9-10)15-2/h5-6,8-9H,4,7,14H2,1-3H3/b6-5+. The molecular weight excluding hydrogens is 202 g/mol. The normalized spacial score (nSPS) is 10.8. The van der Waals surface area contributed by atoms with Gasteiger partial charge in [0.25, 0.3) is 0 Å². The summed E-state index contributed by atoms with van der Waals surface area (Å²) in [7, 11) is 3.29. The Morgan fingerprint density at radius 1 is 1.25 bits per heavy atom. The van der Waals surface area contributed by atoms with Crippen LogP contribution in [0, 0.1) is 0 Å². The van der Waals surface area contributed by atoms with Crippen LogP contribution in [0.1, 0.15) is 18.1 Å². The lowest BCUT2D eigenvalue weighted by Crippen LogP contribution is -1.96. The van der Waals surface area contributed by atoms with E-state index in [0.29, 0.717) is 6.54 Å². The summed E-state index contributed by atoms with van der Waals surface area (Å²) in [5.41, 5.74) is 7.67. The fraction of sp³-hybridized carbons (Fsp3) is 0.385. The van der Waals surface area contributed by atoms with Gasteiger partial charge < -0.3 is 15.2 Å². The second-order valence-corrected chi connectivity index (χ2v) is 3.41. The predicted molar refractivity (Wildman–Crippen MR) is 67.0 cm³/mol. The van der Waals surface area contributed by atoms with Gasteiger partial charge in [-0.15, -0.1) is 0 Å². The molecule has 0 saturated heterocycles. The first-order valence-corrected chi connectivity index (χ1v) is 5.38. The molecule has 0 amide bonds. The highest BCUT2D eigenvalue weighted by Gasteiger charge is 2.09. The van der Waals surface area contributed by atoms with E-state index in [1.54, 1.807) is 14.2 Å². The molecule has 1 aromatic carbocycles. The van der Waals surface area contributed by atoms with Crippen LogP contribution in [0.5, 0.6) is 11.5 Å². The number of hydrogen-bond donors (Lipinski definition) is 1. The van der Waals surface area contributed by atoms with E-state index in [9.17, 15) is 0 Å². The van der Waals surface area contributed by atoms with Gasteiger partial charge in [0, 0.05) is 12.1 Å². The number of benzene rings is 1. The molecule has 88 valence electrons. The zero-order chi connectivity index (χ0) is 12.0. The van der Waals surface area contributed by atoms with Crippen molar-refractivity contribution in [1.29, 1.82) is 0 Å². The van der Waals surface area contributed by atoms with Crippen molar-refractivity contribution >= 4 is 6.08 Å². The third-order valence-electron chi connectivity index (χ3n) is 2.41. The molecule has 0 bridgehead atoms. The van der Waals surface area contributed by atoms with Gasteiger partial charge in [0.05, 0.1) is 14.2 Å². The minimum Gasteiger partial charge on any atom is -0.493 e. The largest absolute Gasteiger partial charge is 0.493 e. The zero-order valence-electron chi connectivity index (χ0n) is 10.1. The summed E-state index contributed by atoms with van der Waals surface area (Å²) in [6, 6.07) is 4.09. The van der Waals surface area contributed by atoms with Crippen LogP contribution in [0.15, 0.2) is 18.2 Å². The highest BCUT2D eigenvalue weighted by molar-refractivity contribution is 5.63. The van der Waals surface area contributed by atoms with Gasteiger partial charge in [0.15, 0.2) is 11.5 Å². The highest BCUT2D eigenvalue weighted by atomic mass is 16.5. The highest BCUT2D eigenvalue weighted by Crippen LogP contribution is 2.33. The molecule has 3 heteroatoms. The average molecular weight is 221 g/mol. The van der Waals surface area contributed by atoms with E-state index in [-0.39, 0.29) is 0 Å². The van der Waals surface area contributed by atoms with Crippen LogP contribution in [-0.4, -0.2) is 20.8 Å². The summed E-state index contributed by atoms with van der Waals surface area (Å²) < 4.78 is 10.7. The Labute approximate surface area is 96.9 Å². The molecule has 0 aromatic heterocycles. The molecular formula is C13H19NO2. The lowest BCUT2D eigenvalue weighted by atomic mass is 10.1. The van der Waals surface area contributed by atoms with E-state index < -0.39 is 0 Å². The minimum absolute atomic E-state index is 0.516. The summed E-state index contributed by atoms with van der Waals surface area (Å²) >= 11 is 0. The predicted octanol–water partition coefficient (Wildman–Crippen LogP) is 2.24. The maximum absolute atomic E-state index is 5.45. The summed E-state index contributed by atoms with van der Waals surface area (Å²) in [5.74, 6) is 1.52. The van der Waals surface area contributed by atoms with Crippen LogP contribution in [-0.2, 0) is 6.42 Å². The van der Waals surface area contributed by atoms with Gasteiger partial charge in [-0.2, -0.15) is 0 Å². The molecule has 0 spiro atoms. The van der Waals surface area contributed by atoms with E-state index in [1.165, 1.54) is 5.56 Å². The quantitative estimate of drug-likeness (QED) is 0.829. The second kappa shape index (κ2) is 6.18. The fourth-order valence-electron chi connectivity index (χ4n) is 1.58. The van der Waals surface area contributed by atoms with Gasteiger partial charge >= 0.3 is 0 Å². The van der Waals surface area contributed by atoms with Gasteiger partial charge in [-0.3, -0.25) is 0 Å². The average Bonchev–Trinajstić information content (AvgIpc) is 2.34. The Bertz CT molecular complexity index is 372. The van der Waals surface area contributed by atoms with Crippen LogP contribution in [0.25, 0.3) is 6.08 Å². The molecule has 0 aliphatic carbocycles.